The molecule has 26 heavy (non-hydrogen) atoms. The second-order valence-electron chi connectivity index (χ2n) is 4.82. The molecule has 10 nitrogen and oxygen atoms in total. The molecule has 0 spiro atoms. The third-order valence-corrected chi connectivity index (χ3v) is 4.41. The molecule has 0 fully saturated rings. The van der Waals surface area contributed by atoms with E-state index >= 15 is 0 Å². The number of nitrogens with zero attached hydrogens (tertiary/aromatic N) is 1. The number of nitro groups is 1. The number of esters is 2. The Hall–Kier alpha value is -3.21. The number of hydrogen-bond acceptors (Lipinski definition) is 9. The van der Waals surface area contributed by atoms with Crippen molar-refractivity contribution >= 4 is 40.1 Å². The minimum atomic E-state index is -0.818. The molecule has 0 aliphatic carbocycles. The highest BCUT2D eigenvalue weighted by Gasteiger charge is 2.28. The summed E-state index contributed by atoms with van der Waals surface area (Å²) in [6.07, 6.45) is 0. The van der Waals surface area contributed by atoms with E-state index in [1.165, 1.54) is 14.0 Å². The summed E-state index contributed by atoms with van der Waals surface area (Å²) in [5, 5.41) is 13.1. The molecule has 0 aliphatic rings. The van der Waals surface area contributed by atoms with Crippen molar-refractivity contribution in [2.75, 3.05) is 19.0 Å². The summed E-state index contributed by atoms with van der Waals surface area (Å²) in [6, 6.07) is 2.15. The molecule has 1 amide bonds. The molecule has 2 aromatic heterocycles. The van der Waals surface area contributed by atoms with Gasteiger partial charge in [0.05, 0.1) is 25.3 Å². The van der Waals surface area contributed by atoms with Gasteiger partial charge < -0.3 is 19.2 Å². The Labute approximate surface area is 150 Å². The molecule has 0 bridgehead atoms. The van der Waals surface area contributed by atoms with Gasteiger partial charge in [0.15, 0.2) is 5.76 Å². The van der Waals surface area contributed by atoms with Crippen LogP contribution in [0, 0.1) is 17.0 Å². The number of methoxy groups -OCH3 is 1. The van der Waals surface area contributed by atoms with Crippen molar-refractivity contribution in [2.45, 2.75) is 13.8 Å². The Morgan fingerprint density at radius 1 is 1.31 bits per heavy atom. The number of carbonyl (C=O) groups excluding carboxylic acids is 3. The average molecular weight is 382 g/mol. The fraction of sp³-hybridized carbons (Fsp3) is 0.267. The van der Waals surface area contributed by atoms with E-state index in [0.717, 1.165) is 23.5 Å². The number of rotatable bonds is 6. The molecule has 0 atom stereocenters. The van der Waals surface area contributed by atoms with Crippen LogP contribution >= 0.6 is 11.3 Å². The number of amides is 1. The molecular weight excluding hydrogens is 368 g/mol. The highest BCUT2D eigenvalue weighted by atomic mass is 32.1. The van der Waals surface area contributed by atoms with E-state index in [9.17, 15) is 24.5 Å². The molecule has 0 radical (unpaired) electrons. The zero-order chi connectivity index (χ0) is 19.4. The largest absolute Gasteiger partial charge is 0.465 e. The molecule has 138 valence electrons. The first kappa shape index (κ1) is 19.1. The first-order chi connectivity index (χ1) is 12.3. The summed E-state index contributed by atoms with van der Waals surface area (Å²) >= 11 is 0.826. The minimum Gasteiger partial charge on any atom is -0.465 e. The number of nitrogens with one attached hydrogen (secondary N) is 1. The summed E-state index contributed by atoms with van der Waals surface area (Å²) in [4.78, 5) is 46.3. The van der Waals surface area contributed by atoms with Crippen molar-refractivity contribution in [2.24, 2.45) is 0 Å². The standard InChI is InChI=1S/C15H14N2O8S/c1-4-24-14(19)10-7(2)11(15(20)23-3)26-13(10)16-12(18)8-5-6-9(25-8)17(21)22/h5-6H,4H2,1-3H3,(H,16,18). The Balaban J connectivity index is 2.39. The van der Waals surface area contributed by atoms with Gasteiger partial charge in [-0.2, -0.15) is 0 Å². The molecule has 2 aromatic rings. The maximum Gasteiger partial charge on any atom is 0.433 e. The van der Waals surface area contributed by atoms with E-state index in [-0.39, 0.29) is 27.8 Å². The van der Waals surface area contributed by atoms with Crippen molar-refractivity contribution in [1.29, 1.82) is 0 Å². The molecule has 0 unspecified atom stereocenters. The molecule has 11 heteroatoms. The van der Waals surface area contributed by atoms with Gasteiger partial charge in [-0.05, 0) is 25.5 Å². The SMILES string of the molecule is CCOC(=O)c1c(NC(=O)c2ccc([N+](=O)[O-])o2)sc(C(=O)OC)c1C. The predicted molar refractivity (Wildman–Crippen MR) is 89.7 cm³/mol. The second-order valence-corrected chi connectivity index (χ2v) is 5.84. The first-order valence-electron chi connectivity index (χ1n) is 7.24. The summed E-state index contributed by atoms with van der Waals surface area (Å²) in [5.41, 5.74) is 0.299. The zero-order valence-electron chi connectivity index (χ0n) is 14.0. The van der Waals surface area contributed by atoms with Crippen molar-refractivity contribution in [1.82, 2.24) is 0 Å². The lowest BCUT2D eigenvalue weighted by Crippen LogP contribution is -2.14. The lowest BCUT2D eigenvalue weighted by Gasteiger charge is -2.05. The highest BCUT2D eigenvalue weighted by Crippen LogP contribution is 2.34. The fourth-order valence-electron chi connectivity index (χ4n) is 2.05. The van der Waals surface area contributed by atoms with Crippen LogP contribution in [0.4, 0.5) is 10.9 Å². The third kappa shape index (κ3) is 3.72. The smallest absolute Gasteiger partial charge is 0.433 e. The van der Waals surface area contributed by atoms with Crippen LogP contribution in [0.3, 0.4) is 0 Å². The maximum atomic E-state index is 12.3. The van der Waals surface area contributed by atoms with E-state index in [0.29, 0.717) is 5.56 Å². The molecule has 0 aromatic carbocycles. The van der Waals surface area contributed by atoms with E-state index in [4.69, 9.17) is 9.15 Å². The van der Waals surface area contributed by atoms with Crippen molar-refractivity contribution in [3.63, 3.8) is 0 Å². The van der Waals surface area contributed by atoms with E-state index in [2.05, 4.69) is 10.1 Å². The summed E-state index contributed by atoms with van der Waals surface area (Å²) in [5.74, 6) is -3.14. The van der Waals surface area contributed by atoms with Gasteiger partial charge in [-0.25, -0.2) is 9.59 Å². The lowest BCUT2D eigenvalue weighted by molar-refractivity contribution is -0.402. The molecule has 0 saturated heterocycles. The monoisotopic (exact) mass is 382 g/mol. The van der Waals surface area contributed by atoms with Gasteiger partial charge in [-0.3, -0.25) is 14.9 Å². The average Bonchev–Trinajstić information content (AvgIpc) is 3.20. The van der Waals surface area contributed by atoms with E-state index in [1.807, 2.05) is 0 Å². The zero-order valence-corrected chi connectivity index (χ0v) is 14.8. The quantitative estimate of drug-likeness (QED) is 0.457. The molecule has 2 heterocycles. The number of anilines is 1. The molecule has 0 saturated carbocycles. The second kappa shape index (κ2) is 7.78. The number of ether oxygens (including phenoxy) is 2. The normalized spacial score (nSPS) is 10.3. The Bertz CT molecular complexity index is 882. The Morgan fingerprint density at radius 3 is 2.54 bits per heavy atom. The van der Waals surface area contributed by atoms with Crippen LogP contribution in [-0.4, -0.2) is 36.5 Å². The molecule has 0 aliphatic heterocycles. The number of hydrogen-bond donors (Lipinski definition) is 1. The summed E-state index contributed by atoms with van der Waals surface area (Å²) in [6.45, 7) is 3.23. The summed E-state index contributed by atoms with van der Waals surface area (Å²) < 4.78 is 14.4. The van der Waals surface area contributed by atoms with Gasteiger partial charge >= 0.3 is 17.8 Å². The van der Waals surface area contributed by atoms with Gasteiger partial charge in [-0.1, -0.05) is 0 Å². The predicted octanol–water partition coefficient (Wildman–Crippen LogP) is 2.77. The van der Waals surface area contributed by atoms with Crippen LogP contribution in [0.1, 0.15) is 43.1 Å². The van der Waals surface area contributed by atoms with Gasteiger partial charge in [0.1, 0.15) is 14.8 Å². The molecule has 2 rings (SSSR count). The number of carbonyl (C=O) groups is 3. The third-order valence-electron chi connectivity index (χ3n) is 3.22. The summed E-state index contributed by atoms with van der Waals surface area (Å²) in [7, 11) is 1.19. The van der Waals surface area contributed by atoms with Crippen LogP contribution in [0.2, 0.25) is 0 Å². The van der Waals surface area contributed by atoms with E-state index < -0.39 is 28.7 Å². The van der Waals surface area contributed by atoms with Gasteiger partial charge in [0.2, 0.25) is 0 Å². The van der Waals surface area contributed by atoms with Crippen LogP contribution in [0.5, 0.6) is 0 Å². The lowest BCUT2D eigenvalue weighted by atomic mass is 10.1. The van der Waals surface area contributed by atoms with Crippen molar-refractivity contribution < 1.29 is 33.2 Å². The van der Waals surface area contributed by atoms with Crippen LogP contribution in [-0.2, 0) is 9.47 Å². The van der Waals surface area contributed by atoms with Crippen LogP contribution in [0.15, 0.2) is 16.5 Å². The van der Waals surface area contributed by atoms with Crippen LogP contribution < -0.4 is 5.32 Å². The van der Waals surface area contributed by atoms with Gasteiger partial charge in [0.25, 0.3) is 5.91 Å². The maximum absolute atomic E-state index is 12.3. The first-order valence-corrected chi connectivity index (χ1v) is 8.06. The Kier molecular flexibility index (Phi) is 5.72. The topological polar surface area (TPSA) is 138 Å². The van der Waals surface area contributed by atoms with Crippen molar-refractivity contribution in [3.8, 4) is 0 Å². The van der Waals surface area contributed by atoms with Crippen molar-refractivity contribution in [3.05, 3.63) is 44.0 Å². The number of furan rings is 1. The van der Waals surface area contributed by atoms with Crippen LogP contribution in [0.25, 0.3) is 0 Å². The molecule has 1 N–H and O–H groups in total. The number of thiophene rings is 1. The Morgan fingerprint density at radius 2 is 2.00 bits per heavy atom. The van der Waals surface area contributed by atoms with Gasteiger partial charge in [-0.15, -0.1) is 11.3 Å². The molecular formula is C15H14N2O8S. The van der Waals surface area contributed by atoms with E-state index in [1.54, 1.807) is 6.92 Å². The van der Waals surface area contributed by atoms with Gasteiger partial charge in [0, 0.05) is 0 Å². The highest BCUT2D eigenvalue weighted by molar-refractivity contribution is 7.18. The minimum absolute atomic E-state index is 0.00616. The fourth-order valence-corrected chi connectivity index (χ4v) is 3.16.